The third kappa shape index (κ3) is 7.08. The number of para-hydroxylation sites is 1. The summed E-state index contributed by atoms with van der Waals surface area (Å²) >= 11 is 1.37. The summed E-state index contributed by atoms with van der Waals surface area (Å²) < 4.78 is 4.76. The highest BCUT2D eigenvalue weighted by Gasteiger charge is 2.18. The van der Waals surface area contributed by atoms with Gasteiger partial charge in [-0.3, -0.25) is 9.59 Å². The molecule has 0 bridgehead atoms. The Bertz CT molecular complexity index is 1140. The van der Waals surface area contributed by atoms with E-state index >= 15 is 0 Å². The second-order valence-electron chi connectivity index (χ2n) is 7.04. The minimum atomic E-state index is -0.512. The number of hydrogen-bond donors (Lipinski definition) is 2. The number of thioether (sulfide) groups is 1. The van der Waals surface area contributed by atoms with E-state index in [0.717, 1.165) is 10.5 Å². The van der Waals surface area contributed by atoms with Gasteiger partial charge in [-0.25, -0.2) is 4.79 Å². The first-order valence-electron chi connectivity index (χ1n) is 10.3. The molecule has 0 aliphatic heterocycles. The Morgan fingerprint density at radius 1 is 0.879 bits per heavy atom. The van der Waals surface area contributed by atoms with Crippen molar-refractivity contribution >= 4 is 47.0 Å². The van der Waals surface area contributed by atoms with Crippen LogP contribution in [0.5, 0.6) is 0 Å². The number of anilines is 2. The molecule has 168 valence electrons. The summed E-state index contributed by atoms with van der Waals surface area (Å²) in [5, 5.41) is 5.19. The third-order valence-electron chi connectivity index (χ3n) is 4.62. The van der Waals surface area contributed by atoms with Crippen LogP contribution in [0.3, 0.4) is 0 Å². The quantitative estimate of drug-likeness (QED) is 0.273. The summed E-state index contributed by atoms with van der Waals surface area (Å²) in [6.45, 7) is 1.78. The summed E-state index contributed by atoms with van der Waals surface area (Å²) in [4.78, 5) is 37.5. The van der Waals surface area contributed by atoms with E-state index in [1.807, 2.05) is 42.5 Å². The van der Waals surface area contributed by atoms with Gasteiger partial charge < -0.3 is 15.4 Å². The van der Waals surface area contributed by atoms with Crippen LogP contribution in [-0.2, 0) is 14.3 Å². The lowest BCUT2D eigenvalue weighted by molar-refractivity contribution is -0.115. The molecule has 0 radical (unpaired) electrons. The van der Waals surface area contributed by atoms with Crippen LogP contribution >= 0.6 is 11.8 Å². The first-order valence-corrected chi connectivity index (χ1v) is 11.1. The average Bonchev–Trinajstić information content (AvgIpc) is 2.84. The Kier molecular flexibility index (Phi) is 8.43. The van der Waals surface area contributed by atoms with E-state index in [1.54, 1.807) is 49.4 Å². The number of rotatable bonds is 8. The standard InChI is InChI=1S/C26H24N2O4S/c1-18(25(30)28-23-11-7-6-10-22(23)26(31)32-2)33-21-15-13-20(14-16-21)27-24(29)17-12-19-8-4-3-5-9-19/h3-18H,1-2H3,(H,27,29)(H,28,30)/b17-12+. The number of carbonyl (C=O) groups is 3. The number of ether oxygens (including phenoxy) is 1. The first kappa shape index (κ1) is 23.8. The highest BCUT2D eigenvalue weighted by atomic mass is 32.2. The Morgan fingerprint density at radius 2 is 1.55 bits per heavy atom. The van der Waals surface area contributed by atoms with Crippen LogP contribution in [-0.4, -0.2) is 30.1 Å². The fourth-order valence-electron chi connectivity index (χ4n) is 2.91. The maximum atomic E-state index is 12.6. The van der Waals surface area contributed by atoms with E-state index in [0.29, 0.717) is 16.9 Å². The summed E-state index contributed by atoms with van der Waals surface area (Å²) in [6.07, 6.45) is 3.23. The van der Waals surface area contributed by atoms with Crippen molar-refractivity contribution in [1.29, 1.82) is 0 Å². The van der Waals surface area contributed by atoms with Gasteiger partial charge in [-0.1, -0.05) is 42.5 Å². The largest absolute Gasteiger partial charge is 0.465 e. The van der Waals surface area contributed by atoms with Crippen molar-refractivity contribution in [2.45, 2.75) is 17.1 Å². The molecule has 0 aliphatic rings. The topological polar surface area (TPSA) is 84.5 Å². The van der Waals surface area contributed by atoms with Gasteiger partial charge in [-0.05, 0) is 55.0 Å². The second kappa shape index (κ2) is 11.7. The van der Waals surface area contributed by atoms with Gasteiger partial charge >= 0.3 is 5.97 Å². The van der Waals surface area contributed by atoms with Crippen molar-refractivity contribution < 1.29 is 19.1 Å². The molecule has 0 aliphatic carbocycles. The maximum Gasteiger partial charge on any atom is 0.339 e. The normalized spacial score (nSPS) is 11.6. The van der Waals surface area contributed by atoms with Crippen LogP contribution in [0.1, 0.15) is 22.8 Å². The predicted octanol–water partition coefficient (Wildman–Crippen LogP) is 5.24. The lowest BCUT2D eigenvalue weighted by Crippen LogP contribution is -2.23. The maximum absolute atomic E-state index is 12.6. The fourth-order valence-corrected chi connectivity index (χ4v) is 3.78. The van der Waals surface area contributed by atoms with Crippen molar-refractivity contribution in [3.63, 3.8) is 0 Å². The zero-order valence-electron chi connectivity index (χ0n) is 18.3. The zero-order chi connectivity index (χ0) is 23.6. The molecule has 33 heavy (non-hydrogen) atoms. The van der Waals surface area contributed by atoms with Crippen molar-refractivity contribution in [2.24, 2.45) is 0 Å². The molecule has 0 saturated carbocycles. The third-order valence-corrected chi connectivity index (χ3v) is 5.73. The Morgan fingerprint density at radius 3 is 2.24 bits per heavy atom. The molecular weight excluding hydrogens is 436 g/mol. The highest BCUT2D eigenvalue weighted by molar-refractivity contribution is 8.00. The molecule has 3 aromatic rings. The molecule has 0 saturated heterocycles. The number of amides is 2. The number of hydrogen-bond acceptors (Lipinski definition) is 5. The molecule has 0 fully saturated rings. The van der Waals surface area contributed by atoms with Crippen molar-refractivity contribution in [3.8, 4) is 0 Å². The smallest absolute Gasteiger partial charge is 0.339 e. The van der Waals surface area contributed by atoms with E-state index in [1.165, 1.54) is 24.9 Å². The van der Waals surface area contributed by atoms with Gasteiger partial charge in [-0.15, -0.1) is 11.8 Å². The van der Waals surface area contributed by atoms with Gasteiger partial charge in [0, 0.05) is 16.7 Å². The number of nitrogens with one attached hydrogen (secondary N) is 2. The molecule has 1 atom stereocenters. The molecule has 7 heteroatoms. The molecule has 2 N–H and O–H groups in total. The number of esters is 1. The molecule has 0 heterocycles. The summed E-state index contributed by atoms with van der Waals surface area (Å²) in [5.41, 5.74) is 2.31. The van der Waals surface area contributed by atoms with Crippen LogP contribution in [0.15, 0.2) is 89.8 Å². The van der Waals surface area contributed by atoms with E-state index in [9.17, 15) is 14.4 Å². The van der Waals surface area contributed by atoms with Crippen LogP contribution in [0.25, 0.3) is 6.08 Å². The molecule has 2 amide bonds. The Balaban J connectivity index is 1.55. The molecule has 0 aromatic heterocycles. The van der Waals surface area contributed by atoms with Gasteiger partial charge in [-0.2, -0.15) is 0 Å². The minimum absolute atomic E-state index is 0.226. The molecule has 0 spiro atoms. The van der Waals surface area contributed by atoms with E-state index in [4.69, 9.17) is 4.74 Å². The minimum Gasteiger partial charge on any atom is -0.465 e. The van der Waals surface area contributed by atoms with Gasteiger partial charge in [0.05, 0.1) is 23.6 Å². The van der Waals surface area contributed by atoms with Crippen molar-refractivity contribution in [3.05, 3.63) is 96.1 Å². The van der Waals surface area contributed by atoms with Crippen molar-refractivity contribution in [2.75, 3.05) is 17.7 Å². The summed E-state index contributed by atoms with van der Waals surface area (Å²) in [5.74, 6) is -0.974. The predicted molar refractivity (Wildman–Crippen MR) is 132 cm³/mol. The highest BCUT2D eigenvalue weighted by Crippen LogP contribution is 2.26. The van der Waals surface area contributed by atoms with Crippen LogP contribution in [0.2, 0.25) is 0 Å². The first-order chi connectivity index (χ1) is 16.0. The van der Waals surface area contributed by atoms with Crippen LogP contribution < -0.4 is 10.6 Å². The Labute approximate surface area is 197 Å². The molecule has 1 unspecified atom stereocenters. The number of benzene rings is 3. The lowest BCUT2D eigenvalue weighted by Gasteiger charge is -2.14. The van der Waals surface area contributed by atoms with Gasteiger partial charge in [0.25, 0.3) is 0 Å². The fraction of sp³-hybridized carbons (Fsp3) is 0.115. The molecule has 3 rings (SSSR count). The average molecular weight is 461 g/mol. The molecular formula is C26H24N2O4S. The zero-order valence-corrected chi connectivity index (χ0v) is 19.1. The molecule has 6 nitrogen and oxygen atoms in total. The van der Waals surface area contributed by atoms with Gasteiger partial charge in [0.2, 0.25) is 11.8 Å². The van der Waals surface area contributed by atoms with Crippen molar-refractivity contribution in [1.82, 2.24) is 0 Å². The van der Waals surface area contributed by atoms with Gasteiger partial charge in [0.15, 0.2) is 0 Å². The van der Waals surface area contributed by atoms with E-state index in [2.05, 4.69) is 10.6 Å². The van der Waals surface area contributed by atoms with E-state index in [-0.39, 0.29) is 11.8 Å². The Hall–Kier alpha value is -3.84. The lowest BCUT2D eigenvalue weighted by atomic mass is 10.2. The van der Waals surface area contributed by atoms with E-state index < -0.39 is 11.2 Å². The summed E-state index contributed by atoms with van der Waals surface area (Å²) in [7, 11) is 1.30. The van der Waals surface area contributed by atoms with Crippen LogP contribution in [0.4, 0.5) is 11.4 Å². The monoisotopic (exact) mass is 460 g/mol. The number of methoxy groups -OCH3 is 1. The van der Waals surface area contributed by atoms with Gasteiger partial charge in [0.1, 0.15) is 0 Å². The van der Waals surface area contributed by atoms with Crippen LogP contribution in [0, 0.1) is 0 Å². The summed E-state index contributed by atoms with van der Waals surface area (Å²) in [6, 6.07) is 23.5. The SMILES string of the molecule is COC(=O)c1ccccc1NC(=O)C(C)Sc1ccc(NC(=O)/C=C/c2ccccc2)cc1. The second-order valence-corrected chi connectivity index (χ2v) is 8.46. The molecule has 3 aromatic carbocycles. The number of carbonyl (C=O) groups excluding carboxylic acids is 3.